The first-order valence-corrected chi connectivity index (χ1v) is 6.37. The number of amides is 2. The molecule has 2 aromatic rings. The van der Waals surface area contributed by atoms with Crippen molar-refractivity contribution in [2.24, 2.45) is 0 Å². The van der Waals surface area contributed by atoms with Gasteiger partial charge in [-0.15, -0.1) is 0 Å². The Hall–Kier alpha value is -2.07. The Balaban J connectivity index is 2.15. The smallest absolute Gasteiger partial charge is 0.321 e. The molecule has 0 atom stereocenters. The van der Waals surface area contributed by atoms with E-state index in [-0.39, 0.29) is 6.03 Å². The van der Waals surface area contributed by atoms with E-state index in [1.54, 1.807) is 11.9 Å². The lowest BCUT2D eigenvalue weighted by Crippen LogP contribution is -2.35. The van der Waals surface area contributed by atoms with E-state index in [0.717, 1.165) is 23.0 Å². The van der Waals surface area contributed by atoms with Crippen LogP contribution in [-0.4, -0.2) is 38.1 Å². The number of rotatable bonds is 4. The van der Waals surface area contributed by atoms with Crippen molar-refractivity contribution in [2.75, 3.05) is 32.5 Å². The number of likely N-dealkylation sites (N-methyl/N-ethyl adjacent to an activating group) is 2. The van der Waals surface area contributed by atoms with Gasteiger partial charge in [0.1, 0.15) is 0 Å². The molecule has 2 rings (SSSR count). The molecule has 0 bridgehead atoms. The van der Waals surface area contributed by atoms with Gasteiger partial charge < -0.3 is 15.5 Å². The average molecular weight is 257 g/mol. The SMILES string of the molecule is CNCCN(C)C(=O)Nc1cccc2ccccc12. The fraction of sp³-hybridized carbons (Fsp3) is 0.267. The van der Waals surface area contributed by atoms with Gasteiger partial charge in [-0.2, -0.15) is 0 Å². The molecule has 0 heterocycles. The summed E-state index contributed by atoms with van der Waals surface area (Å²) in [6.07, 6.45) is 0. The molecule has 0 spiro atoms. The highest BCUT2D eigenvalue weighted by atomic mass is 16.2. The third-order valence-electron chi connectivity index (χ3n) is 3.08. The lowest BCUT2D eigenvalue weighted by molar-refractivity contribution is 0.223. The highest BCUT2D eigenvalue weighted by molar-refractivity contribution is 6.01. The summed E-state index contributed by atoms with van der Waals surface area (Å²) in [7, 11) is 3.66. The summed E-state index contributed by atoms with van der Waals surface area (Å²) in [5.74, 6) is 0. The molecule has 0 unspecified atom stereocenters. The van der Waals surface area contributed by atoms with Crippen LogP contribution in [0.4, 0.5) is 10.5 Å². The molecule has 0 saturated heterocycles. The molecule has 0 aliphatic rings. The van der Waals surface area contributed by atoms with Crippen LogP contribution in [0.1, 0.15) is 0 Å². The van der Waals surface area contributed by atoms with Gasteiger partial charge in [-0.3, -0.25) is 0 Å². The number of fused-ring (bicyclic) bond motifs is 1. The Bertz CT molecular complexity index is 563. The van der Waals surface area contributed by atoms with E-state index in [4.69, 9.17) is 0 Å². The van der Waals surface area contributed by atoms with E-state index in [2.05, 4.69) is 10.6 Å². The molecule has 2 aromatic carbocycles. The minimum absolute atomic E-state index is 0.0911. The Morgan fingerprint density at radius 2 is 1.89 bits per heavy atom. The zero-order valence-electron chi connectivity index (χ0n) is 11.3. The van der Waals surface area contributed by atoms with Crippen LogP contribution in [0, 0.1) is 0 Å². The first kappa shape index (κ1) is 13.4. The monoisotopic (exact) mass is 257 g/mol. The predicted octanol–water partition coefficient (Wildman–Crippen LogP) is 2.52. The molecule has 0 saturated carbocycles. The Kier molecular flexibility index (Phi) is 4.36. The maximum atomic E-state index is 12.0. The molecule has 2 N–H and O–H groups in total. The summed E-state index contributed by atoms with van der Waals surface area (Å²) in [6, 6.07) is 13.8. The van der Waals surface area contributed by atoms with Crippen LogP contribution in [-0.2, 0) is 0 Å². The lowest BCUT2D eigenvalue weighted by atomic mass is 10.1. The van der Waals surface area contributed by atoms with Gasteiger partial charge in [0, 0.05) is 25.5 Å². The maximum absolute atomic E-state index is 12.0. The first-order valence-electron chi connectivity index (χ1n) is 6.37. The Morgan fingerprint density at radius 3 is 2.68 bits per heavy atom. The molecular weight excluding hydrogens is 238 g/mol. The van der Waals surface area contributed by atoms with Crippen molar-refractivity contribution in [1.82, 2.24) is 10.2 Å². The minimum Gasteiger partial charge on any atom is -0.326 e. The Morgan fingerprint density at radius 1 is 1.16 bits per heavy atom. The van der Waals surface area contributed by atoms with Gasteiger partial charge in [0.2, 0.25) is 0 Å². The number of benzene rings is 2. The number of hydrogen-bond donors (Lipinski definition) is 2. The highest BCUT2D eigenvalue weighted by Crippen LogP contribution is 2.22. The van der Waals surface area contributed by atoms with Crippen LogP contribution in [0.3, 0.4) is 0 Å². The van der Waals surface area contributed by atoms with Crippen LogP contribution < -0.4 is 10.6 Å². The molecule has 4 nitrogen and oxygen atoms in total. The second-order valence-electron chi connectivity index (χ2n) is 4.48. The second-order valence-corrected chi connectivity index (χ2v) is 4.48. The minimum atomic E-state index is -0.0911. The third-order valence-corrected chi connectivity index (χ3v) is 3.08. The predicted molar refractivity (Wildman–Crippen MR) is 79.5 cm³/mol. The van der Waals surface area contributed by atoms with Crippen LogP contribution in [0.15, 0.2) is 42.5 Å². The van der Waals surface area contributed by atoms with Crippen LogP contribution in [0.25, 0.3) is 10.8 Å². The number of nitrogens with zero attached hydrogens (tertiary/aromatic N) is 1. The standard InChI is InChI=1S/C15H19N3O/c1-16-10-11-18(2)15(19)17-14-9-5-7-12-6-3-4-8-13(12)14/h3-9,16H,10-11H2,1-2H3,(H,17,19). The van der Waals surface area contributed by atoms with Gasteiger partial charge in [0.25, 0.3) is 0 Å². The molecule has 2 amide bonds. The summed E-state index contributed by atoms with van der Waals surface area (Å²) in [4.78, 5) is 13.7. The molecule has 0 aliphatic carbocycles. The molecule has 100 valence electrons. The molecule has 0 aliphatic heterocycles. The van der Waals surface area contributed by atoms with E-state index in [1.165, 1.54) is 0 Å². The Labute approximate surface area is 113 Å². The number of urea groups is 1. The number of carbonyl (C=O) groups is 1. The summed E-state index contributed by atoms with van der Waals surface area (Å²) < 4.78 is 0. The molecule has 0 fully saturated rings. The van der Waals surface area contributed by atoms with E-state index in [9.17, 15) is 4.79 Å². The topological polar surface area (TPSA) is 44.4 Å². The number of carbonyl (C=O) groups excluding carboxylic acids is 1. The van der Waals surface area contributed by atoms with Gasteiger partial charge in [0.05, 0.1) is 5.69 Å². The van der Waals surface area contributed by atoms with Gasteiger partial charge >= 0.3 is 6.03 Å². The maximum Gasteiger partial charge on any atom is 0.321 e. The average Bonchev–Trinajstić information content (AvgIpc) is 2.45. The van der Waals surface area contributed by atoms with Crippen molar-refractivity contribution >= 4 is 22.5 Å². The number of nitrogens with one attached hydrogen (secondary N) is 2. The molecule has 0 radical (unpaired) electrons. The summed E-state index contributed by atoms with van der Waals surface area (Å²) >= 11 is 0. The van der Waals surface area contributed by atoms with E-state index in [1.807, 2.05) is 49.5 Å². The number of anilines is 1. The van der Waals surface area contributed by atoms with E-state index < -0.39 is 0 Å². The lowest BCUT2D eigenvalue weighted by Gasteiger charge is -2.18. The fourth-order valence-corrected chi connectivity index (χ4v) is 1.93. The van der Waals surface area contributed by atoms with Crippen molar-refractivity contribution in [2.45, 2.75) is 0 Å². The van der Waals surface area contributed by atoms with Crippen molar-refractivity contribution < 1.29 is 4.79 Å². The summed E-state index contributed by atoms with van der Waals surface area (Å²) in [6.45, 7) is 1.45. The van der Waals surface area contributed by atoms with Gasteiger partial charge in [-0.1, -0.05) is 36.4 Å². The summed E-state index contributed by atoms with van der Waals surface area (Å²) in [5.41, 5.74) is 0.847. The zero-order chi connectivity index (χ0) is 13.7. The second kappa shape index (κ2) is 6.20. The van der Waals surface area contributed by atoms with E-state index >= 15 is 0 Å². The third kappa shape index (κ3) is 3.23. The molecule has 0 aromatic heterocycles. The van der Waals surface area contributed by atoms with Gasteiger partial charge in [-0.25, -0.2) is 4.79 Å². The zero-order valence-corrected chi connectivity index (χ0v) is 11.3. The largest absolute Gasteiger partial charge is 0.326 e. The van der Waals surface area contributed by atoms with Crippen LogP contribution in [0.5, 0.6) is 0 Å². The quantitative estimate of drug-likeness (QED) is 0.884. The fourth-order valence-electron chi connectivity index (χ4n) is 1.93. The van der Waals surface area contributed by atoms with Gasteiger partial charge in [0.15, 0.2) is 0 Å². The van der Waals surface area contributed by atoms with Crippen LogP contribution in [0.2, 0.25) is 0 Å². The highest BCUT2D eigenvalue weighted by Gasteiger charge is 2.09. The molecule has 19 heavy (non-hydrogen) atoms. The van der Waals surface area contributed by atoms with Crippen LogP contribution >= 0.6 is 0 Å². The van der Waals surface area contributed by atoms with Crippen molar-refractivity contribution in [3.63, 3.8) is 0 Å². The van der Waals surface area contributed by atoms with Crippen molar-refractivity contribution in [3.8, 4) is 0 Å². The van der Waals surface area contributed by atoms with Crippen molar-refractivity contribution in [1.29, 1.82) is 0 Å². The van der Waals surface area contributed by atoms with Gasteiger partial charge in [-0.05, 0) is 18.5 Å². The molecular formula is C15H19N3O. The van der Waals surface area contributed by atoms with Crippen molar-refractivity contribution in [3.05, 3.63) is 42.5 Å². The number of hydrogen-bond acceptors (Lipinski definition) is 2. The van der Waals surface area contributed by atoms with E-state index in [0.29, 0.717) is 6.54 Å². The molecule has 4 heteroatoms. The first-order chi connectivity index (χ1) is 9.22. The summed E-state index contributed by atoms with van der Waals surface area (Å²) in [5, 5.41) is 8.16. The normalized spacial score (nSPS) is 10.4.